The monoisotopic (exact) mass is 398 g/mol. The summed E-state index contributed by atoms with van der Waals surface area (Å²) in [4.78, 5) is 29.7. The number of fused-ring (bicyclic) bond motifs is 3. The minimum atomic E-state index is -0.0665. The molecule has 6 nitrogen and oxygen atoms in total. The highest BCUT2D eigenvalue weighted by Gasteiger charge is 2.34. The van der Waals surface area contributed by atoms with E-state index >= 15 is 0 Å². The van der Waals surface area contributed by atoms with Gasteiger partial charge in [-0.1, -0.05) is 19.3 Å². The lowest BCUT2D eigenvalue weighted by Crippen LogP contribution is -2.50. The molecule has 2 heterocycles. The van der Waals surface area contributed by atoms with Gasteiger partial charge >= 0.3 is 0 Å². The molecule has 2 aliphatic heterocycles. The zero-order chi connectivity index (χ0) is 20.2. The Hall–Kier alpha value is -2.08. The van der Waals surface area contributed by atoms with Gasteiger partial charge in [0.05, 0.1) is 11.4 Å². The Morgan fingerprint density at radius 3 is 2.79 bits per heavy atom. The van der Waals surface area contributed by atoms with Crippen LogP contribution in [0.25, 0.3) is 0 Å². The smallest absolute Gasteiger partial charge is 0.251 e. The Balaban J connectivity index is 1.29. The van der Waals surface area contributed by atoms with Gasteiger partial charge in [-0.3, -0.25) is 9.59 Å². The summed E-state index contributed by atoms with van der Waals surface area (Å²) in [6.07, 6.45) is 10.8. The first-order valence-corrected chi connectivity index (χ1v) is 11.3. The molecule has 0 radical (unpaired) electrons. The largest absolute Gasteiger partial charge is 0.358 e. The van der Waals surface area contributed by atoms with Gasteiger partial charge in [0, 0.05) is 24.7 Å². The van der Waals surface area contributed by atoms with E-state index in [0.717, 1.165) is 50.1 Å². The zero-order valence-electron chi connectivity index (χ0n) is 17.6. The molecule has 4 rings (SSSR count). The number of carbonyl (C=O) groups is 2. The molecular formula is C23H34N4O2. The predicted molar refractivity (Wildman–Crippen MR) is 117 cm³/mol. The van der Waals surface area contributed by atoms with Crippen LogP contribution >= 0.6 is 0 Å². The second kappa shape index (κ2) is 9.16. The molecule has 0 spiro atoms. The quantitative estimate of drug-likeness (QED) is 0.721. The topological polar surface area (TPSA) is 64.7 Å². The van der Waals surface area contributed by atoms with Crippen LogP contribution < -0.4 is 15.5 Å². The lowest BCUT2D eigenvalue weighted by molar-refractivity contribution is -0.118. The standard InChI is InChI=1S/C23H34N4O2/c1-26(18-8-3-2-4-9-18)14-7-13-24-22(28)17-11-12-20-19(16-17)25-23(29)21-10-5-6-15-27(20)21/h11-12,16,18,21H,2-10,13-15H2,1H3,(H,24,28)(H,25,29). The molecule has 2 fully saturated rings. The summed E-state index contributed by atoms with van der Waals surface area (Å²) >= 11 is 0. The van der Waals surface area contributed by atoms with Crippen LogP contribution in [0.15, 0.2) is 18.2 Å². The molecule has 1 saturated heterocycles. The molecule has 1 aromatic carbocycles. The number of hydrogen-bond donors (Lipinski definition) is 2. The Bertz CT molecular complexity index is 744. The van der Waals surface area contributed by atoms with E-state index in [-0.39, 0.29) is 17.9 Å². The number of hydrogen-bond acceptors (Lipinski definition) is 4. The summed E-state index contributed by atoms with van der Waals surface area (Å²) in [7, 11) is 2.21. The van der Waals surface area contributed by atoms with E-state index < -0.39 is 0 Å². The van der Waals surface area contributed by atoms with E-state index in [1.54, 1.807) is 0 Å². The lowest BCUT2D eigenvalue weighted by Gasteiger charge is -2.41. The van der Waals surface area contributed by atoms with Gasteiger partial charge in [-0.2, -0.15) is 0 Å². The number of benzene rings is 1. The SMILES string of the molecule is CN(CCCNC(=O)c1ccc2c(c1)NC(=O)C1CCCCN21)C1CCCCC1. The number of carbonyl (C=O) groups excluding carboxylic acids is 2. The van der Waals surface area contributed by atoms with Crippen LogP contribution in [0.3, 0.4) is 0 Å². The van der Waals surface area contributed by atoms with Gasteiger partial charge in [-0.05, 0) is 70.3 Å². The molecule has 1 atom stereocenters. The summed E-state index contributed by atoms with van der Waals surface area (Å²) in [6.45, 7) is 2.60. The molecule has 3 aliphatic rings. The third-order valence-electron chi connectivity index (χ3n) is 6.80. The fraction of sp³-hybridized carbons (Fsp3) is 0.652. The maximum absolute atomic E-state index is 12.6. The van der Waals surface area contributed by atoms with Crippen molar-refractivity contribution in [2.24, 2.45) is 0 Å². The van der Waals surface area contributed by atoms with Gasteiger partial charge in [0.1, 0.15) is 6.04 Å². The second-order valence-corrected chi connectivity index (χ2v) is 8.81. The van der Waals surface area contributed by atoms with Crippen molar-refractivity contribution in [2.75, 3.05) is 36.9 Å². The molecule has 1 saturated carbocycles. The summed E-state index contributed by atoms with van der Waals surface area (Å²) in [5.41, 5.74) is 2.41. The average molecular weight is 399 g/mol. The minimum absolute atomic E-state index is 0.0560. The van der Waals surface area contributed by atoms with Crippen LogP contribution in [0.1, 0.15) is 68.1 Å². The number of anilines is 2. The molecular weight excluding hydrogens is 364 g/mol. The Labute approximate surface area is 174 Å². The summed E-state index contributed by atoms with van der Waals surface area (Å²) < 4.78 is 0. The number of rotatable bonds is 6. The fourth-order valence-electron chi connectivity index (χ4n) is 5.07. The molecule has 29 heavy (non-hydrogen) atoms. The summed E-state index contributed by atoms with van der Waals surface area (Å²) in [6, 6.07) is 6.34. The van der Waals surface area contributed by atoms with Gasteiger partial charge in [0.2, 0.25) is 5.91 Å². The number of nitrogens with one attached hydrogen (secondary N) is 2. The van der Waals surface area contributed by atoms with E-state index in [1.165, 1.54) is 32.1 Å². The van der Waals surface area contributed by atoms with Crippen molar-refractivity contribution in [3.63, 3.8) is 0 Å². The third kappa shape index (κ3) is 4.58. The normalized spacial score (nSPS) is 22.1. The Kier molecular flexibility index (Phi) is 6.38. The first-order valence-electron chi connectivity index (χ1n) is 11.3. The Morgan fingerprint density at radius 1 is 1.17 bits per heavy atom. The zero-order valence-corrected chi connectivity index (χ0v) is 17.6. The maximum atomic E-state index is 12.6. The van der Waals surface area contributed by atoms with Crippen LogP contribution in [-0.2, 0) is 4.79 Å². The maximum Gasteiger partial charge on any atom is 0.251 e. The van der Waals surface area contributed by atoms with Crippen molar-refractivity contribution in [3.8, 4) is 0 Å². The predicted octanol–water partition coefficient (Wildman–Crippen LogP) is 3.38. The summed E-state index contributed by atoms with van der Waals surface area (Å²) in [5.74, 6) is -0.0105. The van der Waals surface area contributed by atoms with Crippen LogP contribution in [-0.4, -0.2) is 55.5 Å². The first kappa shape index (κ1) is 20.2. The fourth-order valence-corrected chi connectivity index (χ4v) is 5.07. The molecule has 0 aromatic heterocycles. The van der Waals surface area contributed by atoms with Gasteiger partial charge in [0.25, 0.3) is 5.91 Å². The Morgan fingerprint density at radius 2 is 1.97 bits per heavy atom. The van der Waals surface area contributed by atoms with E-state index in [2.05, 4.69) is 27.5 Å². The van der Waals surface area contributed by atoms with Crippen molar-refractivity contribution in [1.82, 2.24) is 10.2 Å². The molecule has 1 aliphatic carbocycles. The minimum Gasteiger partial charge on any atom is -0.358 e. The van der Waals surface area contributed by atoms with E-state index in [0.29, 0.717) is 18.2 Å². The van der Waals surface area contributed by atoms with Crippen LogP contribution in [0.2, 0.25) is 0 Å². The summed E-state index contributed by atoms with van der Waals surface area (Å²) in [5, 5.41) is 6.05. The van der Waals surface area contributed by atoms with Gasteiger partial charge in [-0.25, -0.2) is 0 Å². The first-order chi connectivity index (χ1) is 14.1. The molecule has 1 unspecified atom stereocenters. The van der Waals surface area contributed by atoms with Gasteiger partial charge in [-0.15, -0.1) is 0 Å². The van der Waals surface area contributed by atoms with Crippen molar-refractivity contribution >= 4 is 23.2 Å². The van der Waals surface area contributed by atoms with Crippen LogP contribution in [0.5, 0.6) is 0 Å². The van der Waals surface area contributed by atoms with Crippen molar-refractivity contribution in [2.45, 2.75) is 69.9 Å². The molecule has 158 valence electrons. The van der Waals surface area contributed by atoms with Crippen molar-refractivity contribution < 1.29 is 9.59 Å². The molecule has 0 bridgehead atoms. The van der Waals surface area contributed by atoms with Crippen LogP contribution in [0, 0.1) is 0 Å². The van der Waals surface area contributed by atoms with Crippen LogP contribution in [0.4, 0.5) is 11.4 Å². The highest BCUT2D eigenvalue weighted by Crippen LogP contribution is 2.36. The molecule has 2 amide bonds. The van der Waals surface area contributed by atoms with E-state index in [1.807, 2.05) is 18.2 Å². The molecule has 1 aromatic rings. The number of amides is 2. The average Bonchev–Trinajstić information content (AvgIpc) is 2.77. The van der Waals surface area contributed by atoms with E-state index in [4.69, 9.17) is 0 Å². The molecule has 2 N–H and O–H groups in total. The number of nitrogens with zero attached hydrogens (tertiary/aromatic N) is 2. The highest BCUT2D eigenvalue weighted by molar-refractivity contribution is 6.05. The second-order valence-electron chi connectivity index (χ2n) is 8.81. The third-order valence-corrected chi connectivity index (χ3v) is 6.80. The highest BCUT2D eigenvalue weighted by atomic mass is 16.2. The van der Waals surface area contributed by atoms with Crippen molar-refractivity contribution in [3.05, 3.63) is 23.8 Å². The number of piperidine rings is 1. The van der Waals surface area contributed by atoms with Gasteiger partial charge < -0.3 is 20.4 Å². The van der Waals surface area contributed by atoms with Crippen molar-refractivity contribution in [1.29, 1.82) is 0 Å². The lowest BCUT2D eigenvalue weighted by atomic mass is 9.94. The van der Waals surface area contributed by atoms with E-state index in [9.17, 15) is 9.59 Å². The molecule has 6 heteroatoms. The van der Waals surface area contributed by atoms with Gasteiger partial charge in [0.15, 0.2) is 0 Å².